The first-order valence-corrected chi connectivity index (χ1v) is 6.33. The SMILES string of the molecule is CC(O)(CNC(=O)C1CCCCS1)C(=O)O. The van der Waals surface area contributed by atoms with Crippen molar-refractivity contribution in [3.63, 3.8) is 0 Å². The lowest BCUT2D eigenvalue weighted by Gasteiger charge is -2.23. The molecule has 0 aliphatic carbocycles. The molecule has 1 aliphatic heterocycles. The lowest BCUT2D eigenvalue weighted by atomic mass is 10.1. The largest absolute Gasteiger partial charge is 0.479 e. The standard InChI is InChI=1S/C10H17NO4S/c1-10(15,9(13)14)6-11-8(12)7-4-2-3-5-16-7/h7,15H,2-6H2,1H3,(H,11,12)(H,13,14). The van der Waals surface area contributed by atoms with Gasteiger partial charge in [-0.15, -0.1) is 11.8 Å². The number of nitrogens with one attached hydrogen (secondary N) is 1. The lowest BCUT2D eigenvalue weighted by Crippen LogP contribution is -2.48. The Morgan fingerprint density at radius 2 is 2.19 bits per heavy atom. The Hall–Kier alpha value is -0.750. The summed E-state index contributed by atoms with van der Waals surface area (Å²) in [5.41, 5.74) is -1.89. The monoisotopic (exact) mass is 247 g/mol. The highest BCUT2D eigenvalue weighted by Gasteiger charge is 2.31. The predicted molar refractivity (Wildman–Crippen MR) is 61.4 cm³/mol. The van der Waals surface area contributed by atoms with Crippen molar-refractivity contribution in [2.75, 3.05) is 12.3 Å². The van der Waals surface area contributed by atoms with E-state index in [0.717, 1.165) is 25.0 Å². The Morgan fingerprint density at radius 1 is 1.50 bits per heavy atom. The van der Waals surface area contributed by atoms with Crippen LogP contribution in [0, 0.1) is 0 Å². The van der Waals surface area contributed by atoms with Crippen LogP contribution in [0.2, 0.25) is 0 Å². The van der Waals surface area contributed by atoms with Crippen LogP contribution < -0.4 is 5.32 Å². The molecule has 5 nitrogen and oxygen atoms in total. The molecule has 1 aliphatic rings. The number of hydrogen-bond acceptors (Lipinski definition) is 4. The molecule has 16 heavy (non-hydrogen) atoms. The maximum Gasteiger partial charge on any atom is 0.337 e. The molecular formula is C10H17NO4S. The number of carbonyl (C=O) groups is 2. The second kappa shape index (κ2) is 5.54. The van der Waals surface area contributed by atoms with Crippen LogP contribution in [-0.4, -0.2) is 45.2 Å². The normalized spacial score (nSPS) is 24.5. The summed E-state index contributed by atoms with van der Waals surface area (Å²) in [6.07, 6.45) is 2.98. The Balaban J connectivity index is 2.37. The first-order chi connectivity index (χ1) is 7.43. The van der Waals surface area contributed by atoms with Gasteiger partial charge in [0.1, 0.15) is 0 Å². The molecule has 1 rings (SSSR count). The molecule has 0 aromatic carbocycles. The average Bonchev–Trinajstić information content (AvgIpc) is 2.27. The smallest absolute Gasteiger partial charge is 0.337 e. The number of hydrogen-bond donors (Lipinski definition) is 3. The third-order valence-electron chi connectivity index (χ3n) is 2.54. The molecule has 1 amide bonds. The minimum absolute atomic E-state index is 0.0988. The van der Waals surface area contributed by atoms with E-state index in [4.69, 9.17) is 5.11 Å². The van der Waals surface area contributed by atoms with Crippen LogP contribution >= 0.6 is 11.8 Å². The first kappa shape index (κ1) is 13.3. The van der Waals surface area contributed by atoms with Gasteiger partial charge in [0.05, 0.1) is 11.8 Å². The molecule has 6 heteroatoms. The van der Waals surface area contributed by atoms with E-state index in [9.17, 15) is 14.7 Å². The summed E-state index contributed by atoms with van der Waals surface area (Å²) in [6.45, 7) is 0.919. The third-order valence-corrected chi connectivity index (χ3v) is 3.92. The van der Waals surface area contributed by atoms with Crippen molar-refractivity contribution in [1.82, 2.24) is 5.32 Å². The zero-order chi connectivity index (χ0) is 12.2. The summed E-state index contributed by atoms with van der Waals surface area (Å²) in [5.74, 6) is -0.539. The summed E-state index contributed by atoms with van der Waals surface area (Å²) >= 11 is 1.59. The highest BCUT2D eigenvalue weighted by atomic mass is 32.2. The van der Waals surface area contributed by atoms with Crippen molar-refractivity contribution < 1.29 is 19.8 Å². The molecule has 2 unspecified atom stereocenters. The van der Waals surface area contributed by atoms with Crippen LogP contribution in [-0.2, 0) is 9.59 Å². The number of aliphatic hydroxyl groups is 1. The van der Waals surface area contributed by atoms with E-state index in [1.165, 1.54) is 6.92 Å². The number of carboxylic acid groups (broad SMARTS) is 1. The maximum absolute atomic E-state index is 11.6. The minimum Gasteiger partial charge on any atom is -0.479 e. The van der Waals surface area contributed by atoms with E-state index in [-0.39, 0.29) is 17.7 Å². The zero-order valence-electron chi connectivity index (χ0n) is 9.23. The van der Waals surface area contributed by atoms with E-state index in [0.29, 0.717) is 0 Å². The average molecular weight is 247 g/mol. The number of carboxylic acids is 1. The second-order valence-electron chi connectivity index (χ2n) is 4.15. The molecule has 1 saturated heterocycles. The van der Waals surface area contributed by atoms with Crippen LogP contribution in [0.25, 0.3) is 0 Å². The molecule has 0 aromatic rings. The summed E-state index contributed by atoms with van der Waals surface area (Å²) < 4.78 is 0. The Bertz CT molecular complexity index is 274. The summed E-state index contributed by atoms with van der Waals surface area (Å²) in [7, 11) is 0. The molecule has 1 heterocycles. The van der Waals surface area contributed by atoms with Crippen molar-refractivity contribution in [1.29, 1.82) is 0 Å². The van der Waals surface area contributed by atoms with Gasteiger partial charge in [-0.3, -0.25) is 4.79 Å². The molecule has 0 bridgehead atoms. The summed E-state index contributed by atoms with van der Waals surface area (Å²) in [5, 5.41) is 20.5. The molecule has 0 aromatic heterocycles. The van der Waals surface area contributed by atoms with Gasteiger partial charge >= 0.3 is 5.97 Å². The van der Waals surface area contributed by atoms with Gasteiger partial charge in [-0.2, -0.15) is 0 Å². The predicted octanol–water partition coefficient (Wildman–Crippen LogP) is 0.224. The van der Waals surface area contributed by atoms with Crippen molar-refractivity contribution in [2.45, 2.75) is 37.0 Å². The van der Waals surface area contributed by atoms with Crippen LogP contribution in [0.3, 0.4) is 0 Å². The Kier molecular flexibility index (Phi) is 4.61. The van der Waals surface area contributed by atoms with Gasteiger partial charge < -0.3 is 15.5 Å². The quantitative estimate of drug-likeness (QED) is 0.661. The maximum atomic E-state index is 11.6. The molecule has 0 spiro atoms. The highest BCUT2D eigenvalue weighted by molar-refractivity contribution is 8.00. The molecule has 0 saturated carbocycles. The van der Waals surface area contributed by atoms with Crippen molar-refractivity contribution >= 4 is 23.6 Å². The van der Waals surface area contributed by atoms with Crippen molar-refractivity contribution in [3.8, 4) is 0 Å². The van der Waals surface area contributed by atoms with Gasteiger partial charge in [0.15, 0.2) is 5.60 Å². The van der Waals surface area contributed by atoms with Gasteiger partial charge in [0, 0.05) is 0 Å². The zero-order valence-corrected chi connectivity index (χ0v) is 10.0. The van der Waals surface area contributed by atoms with Gasteiger partial charge in [0.2, 0.25) is 5.91 Å². The second-order valence-corrected chi connectivity index (χ2v) is 5.46. The van der Waals surface area contributed by atoms with Crippen LogP contribution in [0.15, 0.2) is 0 Å². The van der Waals surface area contributed by atoms with Gasteiger partial charge in [0.25, 0.3) is 0 Å². The van der Waals surface area contributed by atoms with Crippen molar-refractivity contribution in [2.24, 2.45) is 0 Å². The highest BCUT2D eigenvalue weighted by Crippen LogP contribution is 2.25. The lowest BCUT2D eigenvalue weighted by molar-refractivity contribution is -0.156. The molecule has 2 atom stereocenters. The fraction of sp³-hybridized carbons (Fsp3) is 0.800. The van der Waals surface area contributed by atoms with E-state index in [1.807, 2.05) is 0 Å². The molecule has 3 N–H and O–H groups in total. The van der Waals surface area contributed by atoms with E-state index in [1.54, 1.807) is 11.8 Å². The Morgan fingerprint density at radius 3 is 2.69 bits per heavy atom. The minimum atomic E-state index is -1.89. The van der Waals surface area contributed by atoms with Crippen LogP contribution in [0.5, 0.6) is 0 Å². The topological polar surface area (TPSA) is 86.6 Å². The van der Waals surface area contributed by atoms with Crippen LogP contribution in [0.1, 0.15) is 26.2 Å². The van der Waals surface area contributed by atoms with Gasteiger partial charge in [-0.25, -0.2) is 4.79 Å². The van der Waals surface area contributed by atoms with E-state index < -0.39 is 11.6 Å². The summed E-state index contributed by atoms with van der Waals surface area (Å²) in [6, 6.07) is 0. The number of rotatable bonds is 4. The van der Waals surface area contributed by atoms with Crippen molar-refractivity contribution in [3.05, 3.63) is 0 Å². The molecule has 92 valence electrons. The number of thioether (sulfide) groups is 1. The molecule has 1 fully saturated rings. The number of carbonyl (C=O) groups excluding carboxylic acids is 1. The molecule has 0 radical (unpaired) electrons. The van der Waals surface area contributed by atoms with Crippen LogP contribution in [0.4, 0.5) is 0 Å². The third kappa shape index (κ3) is 3.68. The summed E-state index contributed by atoms with van der Waals surface area (Å²) in [4.78, 5) is 22.2. The van der Waals surface area contributed by atoms with E-state index >= 15 is 0 Å². The number of amides is 1. The van der Waals surface area contributed by atoms with Gasteiger partial charge in [-0.1, -0.05) is 6.42 Å². The fourth-order valence-electron chi connectivity index (χ4n) is 1.40. The molecular weight excluding hydrogens is 230 g/mol. The van der Waals surface area contributed by atoms with Gasteiger partial charge in [-0.05, 0) is 25.5 Å². The first-order valence-electron chi connectivity index (χ1n) is 5.28. The number of aliphatic carboxylic acids is 1. The van der Waals surface area contributed by atoms with E-state index in [2.05, 4.69) is 5.32 Å². The fourth-order valence-corrected chi connectivity index (χ4v) is 2.62. The Labute approximate surface area is 98.6 Å².